The molecule has 0 saturated carbocycles. The van der Waals surface area contributed by atoms with Crippen molar-refractivity contribution in [1.82, 2.24) is 10.6 Å². The Bertz CT molecular complexity index is 953. The fourth-order valence-corrected chi connectivity index (χ4v) is 3.27. The van der Waals surface area contributed by atoms with E-state index in [1.54, 1.807) is 7.05 Å². The third-order valence-electron chi connectivity index (χ3n) is 4.67. The first kappa shape index (κ1) is 20.5. The van der Waals surface area contributed by atoms with Crippen LogP contribution in [0.15, 0.2) is 35.3 Å². The van der Waals surface area contributed by atoms with Crippen molar-refractivity contribution in [3.8, 4) is 17.6 Å². The second-order valence-electron chi connectivity index (χ2n) is 6.83. The monoisotopic (exact) mass is 396 g/mol. The standard InChI is InChI=1S/C22H25FN4O2/c1-4-28-20-9-16-7-14(2)29-21(16)10-18(20)13-27-22(25-3)26-12-17-8-15(11-24)5-6-19(17)23/h5-6,8-10,14H,4,7,12-13H2,1-3H3,(H2,25,26,27). The summed E-state index contributed by atoms with van der Waals surface area (Å²) in [6, 6.07) is 10.3. The summed E-state index contributed by atoms with van der Waals surface area (Å²) in [5, 5.41) is 15.3. The van der Waals surface area contributed by atoms with Crippen LogP contribution in [0, 0.1) is 17.1 Å². The zero-order valence-corrected chi connectivity index (χ0v) is 16.9. The Labute approximate surface area is 170 Å². The van der Waals surface area contributed by atoms with Crippen molar-refractivity contribution in [2.75, 3.05) is 13.7 Å². The van der Waals surface area contributed by atoms with Crippen LogP contribution in [0.5, 0.6) is 11.5 Å². The van der Waals surface area contributed by atoms with Crippen LogP contribution in [0.1, 0.15) is 36.1 Å². The summed E-state index contributed by atoms with van der Waals surface area (Å²) in [5.74, 6) is 1.86. The Balaban J connectivity index is 1.67. The van der Waals surface area contributed by atoms with Crippen LogP contribution >= 0.6 is 0 Å². The SMILES string of the molecule is CCOc1cc2c(cc1CNC(=NC)NCc1cc(C#N)ccc1F)OC(C)C2. The summed E-state index contributed by atoms with van der Waals surface area (Å²) in [7, 11) is 1.65. The fraction of sp³-hybridized carbons (Fsp3) is 0.364. The van der Waals surface area contributed by atoms with E-state index in [4.69, 9.17) is 14.7 Å². The first-order chi connectivity index (χ1) is 14.0. The molecular formula is C22H25FN4O2. The molecule has 2 N–H and O–H groups in total. The molecule has 3 rings (SSSR count). The normalized spacial score (nSPS) is 15.3. The molecule has 0 saturated heterocycles. The summed E-state index contributed by atoms with van der Waals surface area (Å²) in [6.45, 7) is 5.26. The van der Waals surface area contributed by atoms with Gasteiger partial charge in [0.2, 0.25) is 0 Å². The van der Waals surface area contributed by atoms with Crippen LogP contribution in [0.2, 0.25) is 0 Å². The lowest BCUT2D eigenvalue weighted by molar-refractivity contribution is 0.254. The van der Waals surface area contributed by atoms with Gasteiger partial charge in [-0.3, -0.25) is 4.99 Å². The number of nitrogens with one attached hydrogen (secondary N) is 2. The van der Waals surface area contributed by atoms with Gasteiger partial charge in [0, 0.05) is 43.2 Å². The molecule has 1 heterocycles. The Kier molecular flexibility index (Phi) is 6.55. The first-order valence-electron chi connectivity index (χ1n) is 9.62. The smallest absolute Gasteiger partial charge is 0.191 e. The molecule has 29 heavy (non-hydrogen) atoms. The van der Waals surface area contributed by atoms with Gasteiger partial charge in [0.25, 0.3) is 0 Å². The van der Waals surface area contributed by atoms with E-state index in [0.29, 0.717) is 30.2 Å². The number of fused-ring (bicyclic) bond motifs is 1. The molecule has 7 heteroatoms. The average Bonchev–Trinajstić information content (AvgIpc) is 3.08. The van der Waals surface area contributed by atoms with Crippen molar-refractivity contribution in [2.24, 2.45) is 4.99 Å². The van der Waals surface area contributed by atoms with Crippen LogP contribution < -0.4 is 20.1 Å². The minimum Gasteiger partial charge on any atom is -0.494 e. The zero-order valence-electron chi connectivity index (χ0n) is 16.9. The molecule has 0 radical (unpaired) electrons. The molecule has 0 aromatic heterocycles. The first-order valence-corrected chi connectivity index (χ1v) is 9.62. The number of hydrogen-bond donors (Lipinski definition) is 2. The third kappa shape index (κ3) is 4.96. The molecule has 0 bridgehead atoms. The molecule has 0 aliphatic carbocycles. The van der Waals surface area contributed by atoms with Crippen molar-refractivity contribution in [2.45, 2.75) is 39.5 Å². The number of benzene rings is 2. The van der Waals surface area contributed by atoms with Crippen molar-refractivity contribution >= 4 is 5.96 Å². The van der Waals surface area contributed by atoms with E-state index in [0.717, 1.165) is 29.0 Å². The number of guanidine groups is 1. The molecule has 1 aliphatic rings. The minimum atomic E-state index is -0.365. The van der Waals surface area contributed by atoms with Gasteiger partial charge >= 0.3 is 0 Å². The summed E-state index contributed by atoms with van der Waals surface area (Å²) in [4.78, 5) is 4.19. The Morgan fingerprint density at radius 3 is 2.72 bits per heavy atom. The van der Waals surface area contributed by atoms with Crippen LogP contribution in [-0.2, 0) is 19.5 Å². The van der Waals surface area contributed by atoms with Gasteiger partial charge in [0.05, 0.1) is 18.2 Å². The van der Waals surface area contributed by atoms with Gasteiger partial charge in [-0.15, -0.1) is 0 Å². The van der Waals surface area contributed by atoms with Crippen molar-refractivity contribution in [3.05, 3.63) is 58.4 Å². The maximum atomic E-state index is 14.0. The Morgan fingerprint density at radius 2 is 2.03 bits per heavy atom. The van der Waals surface area contributed by atoms with Crippen molar-refractivity contribution < 1.29 is 13.9 Å². The van der Waals surface area contributed by atoms with Gasteiger partial charge in [0.1, 0.15) is 23.4 Å². The van der Waals surface area contributed by atoms with E-state index in [1.807, 2.05) is 32.0 Å². The Hall–Kier alpha value is -3.27. The van der Waals surface area contributed by atoms with E-state index in [-0.39, 0.29) is 18.5 Å². The minimum absolute atomic E-state index is 0.163. The summed E-state index contributed by atoms with van der Waals surface area (Å²) in [5.41, 5.74) is 2.93. The largest absolute Gasteiger partial charge is 0.494 e. The summed E-state index contributed by atoms with van der Waals surface area (Å²) in [6.07, 6.45) is 1.04. The molecule has 6 nitrogen and oxygen atoms in total. The highest BCUT2D eigenvalue weighted by Gasteiger charge is 2.22. The van der Waals surface area contributed by atoms with Crippen molar-refractivity contribution in [3.63, 3.8) is 0 Å². The maximum absolute atomic E-state index is 14.0. The van der Waals surface area contributed by atoms with E-state index in [9.17, 15) is 4.39 Å². The topological polar surface area (TPSA) is 78.7 Å². The number of rotatable bonds is 6. The molecule has 0 fully saturated rings. The van der Waals surface area contributed by atoms with Gasteiger partial charge in [-0.1, -0.05) is 0 Å². The van der Waals surface area contributed by atoms with E-state index in [1.165, 1.54) is 18.2 Å². The maximum Gasteiger partial charge on any atom is 0.191 e. The molecule has 2 aromatic carbocycles. The zero-order chi connectivity index (χ0) is 20.8. The van der Waals surface area contributed by atoms with E-state index in [2.05, 4.69) is 15.6 Å². The van der Waals surface area contributed by atoms with Gasteiger partial charge in [-0.05, 0) is 44.2 Å². The highest BCUT2D eigenvalue weighted by molar-refractivity contribution is 5.79. The number of nitriles is 1. The van der Waals surface area contributed by atoms with Gasteiger partial charge in [0.15, 0.2) is 5.96 Å². The average molecular weight is 396 g/mol. The highest BCUT2D eigenvalue weighted by Crippen LogP contribution is 2.35. The predicted octanol–water partition coefficient (Wildman–Crippen LogP) is 3.28. The van der Waals surface area contributed by atoms with Gasteiger partial charge < -0.3 is 20.1 Å². The third-order valence-corrected chi connectivity index (χ3v) is 4.67. The second kappa shape index (κ2) is 9.28. The van der Waals surface area contributed by atoms with Crippen molar-refractivity contribution in [1.29, 1.82) is 5.26 Å². The van der Waals surface area contributed by atoms with E-state index < -0.39 is 0 Å². The summed E-state index contributed by atoms with van der Waals surface area (Å²) < 4.78 is 25.6. The quantitative estimate of drug-likeness (QED) is 0.579. The Morgan fingerprint density at radius 1 is 1.28 bits per heavy atom. The number of aliphatic imine (C=N–C) groups is 1. The fourth-order valence-electron chi connectivity index (χ4n) is 3.27. The number of ether oxygens (including phenoxy) is 2. The molecule has 1 atom stereocenters. The molecule has 0 amide bonds. The molecule has 152 valence electrons. The molecule has 0 spiro atoms. The molecule has 2 aromatic rings. The molecular weight excluding hydrogens is 371 g/mol. The highest BCUT2D eigenvalue weighted by atomic mass is 19.1. The lowest BCUT2D eigenvalue weighted by atomic mass is 10.1. The number of halogens is 1. The predicted molar refractivity (Wildman–Crippen MR) is 110 cm³/mol. The molecule has 1 aliphatic heterocycles. The van der Waals surface area contributed by atoms with Crippen LogP contribution in [0.25, 0.3) is 0 Å². The van der Waals surface area contributed by atoms with E-state index >= 15 is 0 Å². The van der Waals surface area contributed by atoms with Crippen LogP contribution in [-0.4, -0.2) is 25.7 Å². The van der Waals surface area contributed by atoms with Gasteiger partial charge in [-0.2, -0.15) is 5.26 Å². The summed E-state index contributed by atoms with van der Waals surface area (Å²) >= 11 is 0. The second-order valence-corrected chi connectivity index (χ2v) is 6.83. The van der Waals surface area contributed by atoms with Crippen LogP contribution in [0.4, 0.5) is 4.39 Å². The molecule has 1 unspecified atom stereocenters. The van der Waals surface area contributed by atoms with Crippen LogP contribution in [0.3, 0.4) is 0 Å². The van der Waals surface area contributed by atoms with Gasteiger partial charge in [-0.25, -0.2) is 4.39 Å². The lowest BCUT2D eigenvalue weighted by Crippen LogP contribution is -2.36. The number of hydrogen-bond acceptors (Lipinski definition) is 4. The lowest BCUT2D eigenvalue weighted by Gasteiger charge is -2.16. The number of nitrogens with zero attached hydrogens (tertiary/aromatic N) is 2.